The van der Waals surface area contributed by atoms with Crippen LogP contribution in [-0.2, 0) is 4.74 Å². The Morgan fingerprint density at radius 2 is 2.08 bits per heavy atom. The molecule has 138 valence electrons. The summed E-state index contributed by atoms with van der Waals surface area (Å²) >= 11 is 0. The number of aromatic nitrogens is 4. The number of Topliss-reactive ketones (excluding diaryl/α,β-unsaturated/α-hetero) is 1. The molecular weight excluding hydrogens is 338 g/mol. The lowest BCUT2D eigenvalue weighted by Gasteiger charge is -2.38. The summed E-state index contributed by atoms with van der Waals surface area (Å²) in [5.41, 5.74) is 0.388. The molecule has 0 unspecified atom stereocenters. The van der Waals surface area contributed by atoms with Crippen LogP contribution < -0.4 is 0 Å². The molecule has 0 aliphatic carbocycles. The zero-order chi connectivity index (χ0) is 18.3. The van der Waals surface area contributed by atoms with Gasteiger partial charge in [0.05, 0.1) is 5.60 Å². The fourth-order valence-electron chi connectivity index (χ4n) is 3.70. The fourth-order valence-corrected chi connectivity index (χ4v) is 3.70. The standard InChI is InChI=1S/C17H21N5O4/c1-10(23)12-9-13(20-19-12)16(24)22-7-5-17(6-8-22)4-3-14(25-17)15-18-11(2)21-26-15/h9,14H,3-8H2,1-2H3,(H,19,20)/t14-/m0/s1. The van der Waals surface area contributed by atoms with Crippen molar-refractivity contribution in [3.8, 4) is 0 Å². The number of H-pyrrole nitrogens is 1. The Hall–Kier alpha value is -2.55. The predicted molar refractivity (Wildman–Crippen MR) is 88.6 cm³/mol. The minimum atomic E-state index is -0.234. The number of nitrogens with zero attached hydrogens (tertiary/aromatic N) is 4. The van der Waals surface area contributed by atoms with E-state index < -0.39 is 0 Å². The van der Waals surface area contributed by atoms with Gasteiger partial charge in [-0.2, -0.15) is 10.1 Å². The van der Waals surface area contributed by atoms with Crippen LogP contribution in [0.1, 0.15) is 71.4 Å². The number of aromatic amines is 1. The first-order chi connectivity index (χ1) is 12.5. The first-order valence-electron chi connectivity index (χ1n) is 8.79. The molecule has 2 aliphatic rings. The van der Waals surface area contributed by atoms with Gasteiger partial charge in [0, 0.05) is 20.0 Å². The van der Waals surface area contributed by atoms with Gasteiger partial charge in [0.15, 0.2) is 11.6 Å². The second kappa shape index (κ2) is 6.31. The highest BCUT2D eigenvalue weighted by Crippen LogP contribution is 2.44. The normalized spacial score (nSPS) is 22.1. The van der Waals surface area contributed by atoms with E-state index in [1.165, 1.54) is 13.0 Å². The zero-order valence-electron chi connectivity index (χ0n) is 14.8. The van der Waals surface area contributed by atoms with E-state index >= 15 is 0 Å². The van der Waals surface area contributed by atoms with Crippen molar-refractivity contribution in [3.63, 3.8) is 0 Å². The van der Waals surface area contributed by atoms with Crippen molar-refractivity contribution in [1.29, 1.82) is 0 Å². The summed E-state index contributed by atoms with van der Waals surface area (Å²) in [6.45, 7) is 4.41. The van der Waals surface area contributed by atoms with Crippen molar-refractivity contribution in [2.24, 2.45) is 0 Å². The molecule has 2 aliphatic heterocycles. The molecule has 0 aromatic carbocycles. The van der Waals surface area contributed by atoms with Crippen molar-refractivity contribution in [1.82, 2.24) is 25.2 Å². The molecule has 2 aromatic rings. The summed E-state index contributed by atoms with van der Waals surface area (Å²) in [5.74, 6) is 0.836. The number of carbonyl (C=O) groups excluding carboxylic acids is 2. The van der Waals surface area contributed by atoms with Crippen LogP contribution in [-0.4, -0.2) is 55.6 Å². The van der Waals surface area contributed by atoms with Gasteiger partial charge >= 0.3 is 0 Å². The maximum Gasteiger partial charge on any atom is 0.271 e. The molecule has 4 heterocycles. The molecule has 26 heavy (non-hydrogen) atoms. The molecule has 9 nitrogen and oxygen atoms in total. The summed E-state index contributed by atoms with van der Waals surface area (Å²) in [7, 11) is 0. The Kier molecular flexibility index (Phi) is 4.10. The molecule has 2 saturated heterocycles. The molecular formula is C17H21N5O4. The fraction of sp³-hybridized carbons (Fsp3) is 0.588. The van der Waals surface area contributed by atoms with E-state index in [0.29, 0.717) is 30.5 Å². The van der Waals surface area contributed by atoms with Gasteiger partial charge in [0.1, 0.15) is 17.5 Å². The summed E-state index contributed by atoms with van der Waals surface area (Å²) in [5, 5.41) is 10.4. The van der Waals surface area contributed by atoms with Crippen molar-refractivity contribution >= 4 is 11.7 Å². The van der Waals surface area contributed by atoms with Crippen LogP contribution in [0.5, 0.6) is 0 Å². The Morgan fingerprint density at radius 3 is 2.69 bits per heavy atom. The van der Waals surface area contributed by atoms with Gasteiger partial charge in [0.2, 0.25) is 0 Å². The number of carbonyl (C=O) groups is 2. The second-order valence-electron chi connectivity index (χ2n) is 7.02. The number of rotatable bonds is 3. The Labute approximate surface area is 150 Å². The van der Waals surface area contributed by atoms with E-state index in [-0.39, 0.29) is 29.1 Å². The molecule has 1 amide bonds. The van der Waals surface area contributed by atoms with E-state index in [1.54, 1.807) is 11.8 Å². The first kappa shape index (κ1) is 16.9. The Bertz CT molecular complexity index is 834. The summed E-state index contributed by atoms with van der Waals surface area (Å²) < 4.78 is 11.5. The second-order valence-corrected chi connectivity index (χ2v) is 7.02. The van der Waals surface area contributed by atoms with Crippen LogP contribution in [0.3, 0.4) is 0 Å². The van der Waals surface area contributed by atoms with Gasteiger partial charge in [-0.1, -0.05) is 5.16 Å². The monoisotopic (exact) mass is 359 g/mol. The van der Waals surface area contributed by atoms with E-state index in [4.69, 9.17) is 9.26 Å². The van der Waals surface area contributed by atoms with Crippen molar-refractivity contribution in [2.75, 3.05) is 13.1 Å². The number of hydrogen-bond acceptors (Lipinski definition) is 7. The van der Waals surface area contributed by atoms with Crippen LogP contribution >= 0.6 is 0 Å². The molecule has 0 bridgehead atoms. The number of piperidine rings is 1. The molecule has 2 aromatic heterocycles. The highest BCUT2D eigenvalue weighted by Gasteiger charge is 2.45. The van der Waals surface area contributed by atoms with Gasteiger partial charge in [-0.05, 0) is 38.7 Å². The van der Waals surface area contributed by atoms with Crippen LogP contribution in [0.15, 0.2) is 10.6 Å². The van der Waals surface area contributed by atoms with E-state index in [2.05, 4.69) is 20.3 Å². The highest BCUT2D eigenvalue weighted by atomic mass is 16.5. The topological polar surface area (TPSA) is 114 Å². The van der Waals surface area contributed by atoms with Crippen LogP contribution in [0, 0.1) is 6.92 Å². The third-order valence-corrected chi connectivity index (χ3v) is 5.20. The number of hydrogen-bond donors (Lipinski definition) is 1. The molecule has 9 heteroatoms. The number of aryl methyl sites for hydroxylation is 1. The average Bonchev–Trinajstić information content (AvgIpc) is 3.35. The summed E-state index contributed by atoms with van der Waals surface area (Å²) in [6.07, 6.45) is 3.12. The zero-order valence-corrected chi connectivity index (χ0v) is 14.8. The summed E-state index contributed by atoms with van der Waals surface area (Å²) in [6, 6.07) is 1.51. The number of amides is 1. The molecule has 0 saturated carbocycles. The lowest BCUT2D eigenvalue weighted by Crippen LogP contribution is -2.46. The van der Waals surface area contributed by atoms with Crippen molar-refractivity contribution in [2.45, 2.75) is 51.2 Å². The van der Waals surface area contributed by atoms with Crippen LogP contribution in [0.25, 0.3) is 0 Å². The van der Waals surface area contributed by atoms with Gasteiger partial charge in [-0.25, -0.2) is 0 Å². The molecule has 1 atom stereocenters. The lowest BCUT2D eigenvalue weighted by atomic mass is 9.88. The third-order valence-electron chi connectivity index (χ3n) is 5.20. The highest BCUT2D eigenvalue weighted by molar-refractivity contribution is 5.97. The van der Waals surface area contributed by atoms with Gasteiger partial charge in [0.25, 0.3) is 11.8 Å². The van der Waals surface area contributed by atoms with Crippen molar-refractivity contribution in [3.05, 3.63) is 29.2 Å². The van der Waals surface area contributed by atoms with Gasteiger partial charge in [-0.3, -0.25) is 14.7 Å². The number of likely N-dealkylation sites (tertiary alicyclic amines) is 1. The maximum atomic E-state index is 12.6. The van der Waals surface area contributed by atoms with Gasteiger partial charge in [-0.15, -0.1) is 0 Å². The minimum Gasteiger partial charge on any atom is -0.362 e. The Morgan fingerprint density at radius 1 is 1.31 bits per heavy atom. The lowest BCUT2D eigenvalue weighted by molar-refractivity contribution is -0.0821. The number of ketones is 1. The van der Waals surface area contributed by atoms with Crippen LogP contribution in [0.2, 0.25) is 0 Å². The molecule has 1 N–H and O–H groups in total. The molecule has 2 fully saturated rings. The number of ether oxygens (including phenoxy) is 1. The van der Waals surface area contributed by atoms with E-state index in [9.17, 15) is 9.59 Å². The largest absolute Gasteiger partial charge is 0.362 e. The smallest absolute Gasteiger partial charge is 0.271 e. The number of nitrogens with one attached hydrogen (secondary N) is 1. The minimum absolute atomic E-state index is 0.137. The predicted octanol–water partition coefficient (Wildman–Crippen LogP) is 1.83. The van der Waals surface area contributed by atoms with E-state index in [0.717, 1.165) is 25.7 Å². The average molecular weight is 359 g/mol. The van der Waals surface area contributed by atoms with Gasteiger partial charge < -0.3 is 14.2 Å². The SMILES string of the molecule is CC(=O)c1cc(C(=O)N2CCC3(CC[C@@H](c4nc(C)no4)O3)CC2)[nH]n1. The quantitative estimate of drug-likeness (QED) is 0.831. The first-order valence-corrected chi connectivity index (χ1v) is 8.79. The molecule has 4 rings (SSSR count). The third kappa shape index (κ3) is 3.03. The van der Waals surface area contributed by atoms with E-state index in [1.807, 2.05) is 0 Å². The molecule has 1 spiro atoms. The Balaban J connectivity index is 1.38. The van der Waals surface area contributed by atoms with Crippen LogP contribution in [0.4, 0.5) is 0 Å². The van der Waals surface area contributed by atoms with Crippen molar-refractivity contribution < 1.29 is 18.8 Å². The molecule has 0 radical (unpaired) electrons. The maximum absolute atomic E-state index is 12.6. The summed E-state index contributed by atoms with van der Waals surface area (Å²) in [4.78, 5) is 30.0.